The molecule has 15 heavy (non-hydrogen) atoms. The third-order valence-corrected chi connectivity index (χ3v) is 4.94. The number of hydrogen-bond acceptors (Lipinski definition) is 4. The lowest BCUT2D eigenvalue weighted by Gasteiger charge is -2.05. The highest BCUT2D eigenvalue weighted by atomic mass is 32.2. The zero-order chi connectivity index (χ0) is 10.9. The summed E-state index contributed by atoms with van der Waals surface area (Å²) in [6.45, 7) is 0.651. The van der Waals surface area contributed by atoms with E-state index in [4.69, 9.17) is 0 Å². The van der Waals surface area contributed by atoms with Crippen molar-refractivity contribution in [2.75, 3.05) is 7.05 Å². The van der Waals surface area contributed by atoms with Gasteiger partial charge in [-0.25, -0.2) is 13.1 Å². The molecule has 1 aromatic rings. The Labute approximate surface area is 93.8 Å². The summed E-state index contributed by atoms with van der Waals surface area (Å²) in [5.41, 5.74) is 0. The normalized spacial score (nSPS) is 16.9. The lowest BCUT2D eigenvalue weighted by atomic mass is 10.4. The highest BCUT2D eigenvalue weighted by Crippen LogP contribution is 2.24. The number of sulfonamides is 1. The Morgan fingerprint density at radius 2 is 2.27 bits per heavy atom. The topological polar surface area (TPSA) is 58.2 Å². The lowest BCUT2D eigenvalue weighted by molar-refractivity contribution is 0.586. The third kappa shape index (κ3) is 2.57. The van der Waals surface area contributed by atoms with Crippen molar-refractivity contribution in [2.24, 2.45) is 0 Å². The van der Waals surface area contributed by atoms with Crippen LogP contribution in [-0.4, -0.2) is 21.5 Å². The molecule has 0 spiro atoms. The molecule has 6 heteroatoms. The van der Waals surface area contributed by atoms with Crippen molar-refractivity contribution in [3.05, 3.63) is 16.3 Å². The van der Waals surface area contributed by atoms with Crippen molar-refractivity contribution in [2.45, 2.75) is 30.3 Å². The van der Waals surface area contributed by atoms with Gasteiger partial charge in [-0.15, -0.1) is 11.3 Å². The number of thiophene rings is 1. The zero-order valence-corrected chi connectivity index (χ0v) is 10.1. The molecule has 0 bridgehead atoms. The molecule has 1 saturated carbocycles. The van der Waals surface area contributed by atoms with E-state index in [2.05, 4.69) is 10.0 Å². The van der Waals surface area contributed by atoms with E-state index < -0.39 is 10.0 Å². The molecule has 1 aliphatic rings. The predicted octanol–water partition coefficient (Wildman–Crippen LogP) is 0.908. The first kappa shape index (κ1) is 11.1. The van der Waals surface area contributed by atoms with Gasteiger partial charge in [0, 0.05) is 17.5 Å². The SMILES string of the molecule is CNS(=O)(=O)c1ccsc1CNC1CC1. The summed E-state index contributed by atoms with van der Waals surface area (Å²) < 4.78 is 25.6. The third-order valence-electron chi connectivity index (χ3n) is 2.39. The Kier molecular flexibility index (Phi) is 3.11. The largest absolute Gasteiger partial charge is 0.309 e. The molecule has 84 valence electrons. The Morgan fingerprint density at radius 3 is 2.87 bits per heavy atom. The van der Waals surface area contributed by atoms with Crippen molar-refractivity contribution in [1.29, 1.82) is 0 Å². The summed E-state index contributed by atoms with van der Waals surface area (Å²) in [5.74, 6) is 0. The average Bonchev–Trinajstić information content (AvgIpc) is 2.92. The lowest BCUT2D eigenvalue weighted by Crippen LogP contribution is -2.21. The first-order valence-corrected chi connectivity index (χ1v) is 7.23. The summed E-state index contributed by atoms with van der Waals surface area (Å²) in [7, 11) is -1.86. The zero-order valence-electron chi connectivity index (χ0n) is 8.49. The van der Waals surface area contributed by atoms with E-state index in [0.29, 0.717) is 17.5 Å². The maximum atomic E-state index is 11.6. The van der Waals surface area contributed by atoms with E-state index in [-0.39, 0.29) is 0 Å². The molecular weight excluding hydrogens is 232 g/mol. The van der Waals surface area contributed by atoms with Crippen LogP contribution in [0.5, 0.6) is 0 Å². The van der Waals surface area contributed by atoms with E-state index in [1.165, 1.54) is 31.2 Å². The quantitative estimate of drug-likeness (QED) is 0.812. The van der Waals surface area contributed by atoms with Crippen molar-refractivity contribution < 1.29 is 8.42 Å². The molecular formula is C9H14N2O2S2. The summed E-state index contributed by atoms with van der Waals surface area (Å²) in [5, 5.41) is 5.13. The molecule has 0 radical (unpaired) electrons. The van der Waals surface area contributed by atoms with Crippen LogP contribution in [0.2, 0.25) is 0 Å². The average molecular weight is 246 g/mol. The second-order valence-electron chi connectivity index (χ2n) is 3.57. The fourth-order valence-electron chi connectivity index (χ4n) is 1.33. The van der Waals surface area contributed by atoms with Gasteiger partial charge in [-0.1, -0.05) is 0 Å². The molecule has 1 aliphatic carbocycles. The molecule has 1 heterocycles. The first-order valence-electron chi connectivity index (χ1n) is 4.87. The standard InChI is InChI=1S/C9H14N2O2S2/c1-10-15(12,13)9-4-5-14-8(9)6-11-7-2-3-7/h4-5,7,10-11H,2-3,6H2,1H3. The summed E-state index contributed by atoms with van der Waals surface area (Å²) >= 11 is 1.48. The van der Waals surface area contributed by atoms with Gasteiger partial charge in [0.2, 0.25) is 10.0 Å². The van der Waals surface area contributed by atoms with Crippen LogP contribution in [0.3, 0.4) is 0 Å². The minimum Gasteiger partial charge on any atom is -0.309 e. The second kappa shape index (κ2) is 4.21. The Morgan fingerprint density at radius 1 is 1.53 bits per heavy atom. The van der Waals surface area contributed by atoms with E-state index >= 15 is 0 Å². The van der Waals surface area contributed by atoms with Crippen molar-refractivity contribution in [3.8, 4) is 0 Å². The molecule has 1 fully saturated rings. The van der Waals surface area contributed by atoms with Gasteiger partial charge in [0.25, 0.3) is 0 Å². The molecule has 0 saturated heterocycles. The fraction of sp³-hybridized carbons (Fsp3) is 0.556. The van der Waals surface area contributed by atoms with Crippen molar-refractivity contribution in [1.82, 2.24) is 10.0 Å². The van der Waals surface area contributed by atoms with Gasteiger partial charge in [-0.05, 0) is 31.3 Å². The molecule has 2 rings (SSSR count). The van der Waals surface area contributed by atoms with Crippen LogP contribution in [0, 0.1) is 0 Å². The molecule has 0 unspecified atom stereocenters. The van der Waals surface area contributed by atoms with Gasteiger partial charge in [0.15, 0.2) is 0 Å². The number of rotatable bonds is 5. The van der Waals surface area contributed by atoms with Crippen molar-refractivity contribution in [3.63, 3.8) is 0 Å². The van der Waals surface area contributed by atoms with Crippen LogP contribution in [0.15, 0.2) is 16.3 Å². The monoisotopic (exact) mass is 246 g/mol. The van der Waals surface area contributed by atoms with Crippen LogP contribution in [-0.2, 0) is 16.6 Å². The fourth-order valence-corrected chi connectivity index (χ4v) is 3.45. The van der Waals surface area contributed by atoms with Crippen LogP contribution < -0.4 is 10.0 Å². The van der Waals surface area contributed by atoms with E-state index in [1.807, 2.05) is 5.38 Å². The minimum absolute atomic E-state index is 0.406. The Balaban J connectivity index is 2.13. The van der Waals surface area contributed by atoms with Crippen LogP contribution in [0.25, 0.3) is 0 Å². The maximum absolute atomic E-state index is 11.6. The molecule has 0 aromatic carbocycles. The van der Waals surface area contributed by atoms with Gasteiger partial charge in [-0.3, -0.25) is 0 Å². The second-order valence-corrected chi connectivity index (χ2v) is 6.43. The minimum atomic E-state index is -3.29. The van der Waals surface area contributed by atoms with E-state index in [9.17, 15) is 8.42 Å². The maximum Gasteiger partial charge on any atom is 0.241 e. The van der Waals surface area contributed by atoms with Crippen LogP contribution in [0.1, 0.15) is 17.7 Å². The summed E-state index contributed by atoms with van der Waals surface area (Å²) in [6, 6.07) is 2.25. The molecule has 0 atom stereocenters. The summed E-state index contributed by atoms with van der Waals surface area (Å²) in [6.07, 6.45) is 2.42. The molecule has 1 aromatic heterocycles. The molecule has 0 amide bonds. The highest BCUT2D eigenvalue weighted by Gasteiger charge is 2.23. The smallest absolute Gasteiger partial charge is 0.241 e. The Hall–Kier alpha value is -0.430. The van der Waals surface area contributed by atoms with Crippen molar-refractivity contribution >= 4 is 21.4 Å². The van der Waals surface area contributed by atoms with Gasteiger partial charge in [0.1, 0.15) is 0 Å². The van der Waals surface area contributed by atoms with Crippen LogP contribution >= 0.6 is 11.3 Å². The Bertz CT molecular complexity index is 435. The van der Waals surface area contributed by atoms with Gasteiger partial charge in [-0.2, -0.15) is 0 Å². The van der Waals surface area contributed by atoms with E-state index in [0.717, 1.165) is 4.88 Å². The van der Waals surface area contributed by atoms with Gasteiger partial charge >= 0.3 is 0 Å². The molecule has 2 N–H and O–H groups in total. The van der Waals surface area contributed by atoms with Gasteiger partial charge in [0.05, 0.1) is 4.90 Å². The van der Waals surface area contributed by atoms with Crippen LogP contribution in [0.4, 0.5) is 0 Å². The predicted molar refractivity (Wildman–Crippen MR) is 60.4 cm³/mol. The first-order chi connectivity index (χ1) is 7.13. The number of nitrogens with one attached hydrogen (secondary N) is 2. The highest BCUT2D eigenvalue weighted by molar-refractivity contribution is 7.89. The number of hydrogen-bond donors (Lipinski definition) is 2. The summed E-state index contributed by atoms with van der Waals surface area (Å²) in [4.78, 5) is 1.29. The molecule has 0 aliphatic heterocycles. The van der Waals surface area contributed by atoms with E-state index in [1.54, 1.807) is 6.07 Å². The molecule has 4 nitrogen and oxygen atoms in total. The van der Waals surface area contributed by atoms with Gasteiger partial charge < -0.3 is 5.32 Å².